The number of nitrogens with one attached hydrogen (secondary N) is 2. The van der Waals surface area contributed by atoms with Gasteiger partial charge in [0.2, 0.25) is 5.95 Å². The molecule has 12 heteroatoms. The summed E-state index contributed by atoms with van der Waals surface area (Å²) >= 11 is 0. The van der Waals surface area contributed by atoms with Gasteiger partial charge in [0.05, 0.1) is 16.6 Å². The second kappa shape index (κ2) is 9.45. The lowest BCUT2D eigenvalue weighted by Gasteiger charge is -2.37. The van der Waals surface area contributed by atoms with Crippen molar-refractivity contribution in [1.82, 2.24) is 40.3 Å². The second-order valence-corrected chi connectivity index (χ2v) is 10.6. The summed E-state index contributed by atoms with van der Waals surface area (Å²) in [6.07, 6.45) is 1.84. The number of hydrogen-bond donors (Lipinski definition) is 2. The lowest BCUT2D eigenvalue weighted by atomic mass is 9.89. The largest absolute Gasteiger partial charge is 0.354 e. The van der Waals surface area contributed by atoms with Crippen LogP contribution in [0.4, 0.5) is 17.5 Å². The maximum atomic E-state index is 13.6. The Morgan fingerprint density at radius 3 is 2.69 bits per heavy atom. The van der Waals surface area contributed by atoms with E-state index in [1.54, 1.807) is 4.68 Å². The number of aromatic amines is 1. The van der Waals surface area contributed by atoms with Crippen LogP contribution in [0.5, 0.6) is 0 Å². The predicted octanol–water partition coefficient (Wildman–Crippen LogP) is 2.85. The summed E-state index contributed by atoms with van der Waals surface area (Å²) in [5.41, 5.74) is 4.05. The van der Waals surface area contributed by atoms with Gasteiger partial charge in [-0.15, -0.1) is 0 Å². The number of piperazine rings is 1. The number of pyridine rings is 1. The van der Waals surface area contributed by atoms with Gasteiger partial charge in [0, 0.05) is 61.8 Å². The van der Waals surface area contributed by atoms with E-state index in [4.69, 9.17) is 0 Å². The van der Waals surface area contributed by atoms with Gasteiger partial charge in [-0.25, -0.2) is 9.67 Å². The monoisotopic (exact) mass is 527 g/mol. The topological polar surface area (TPSA) is 124 Å². The molecule has 202 valence electrons. The minimum Gasteiger partial charge on any atom is -0.354 e. The lowest BCUT2D eigenvalue weighted by molar-refractivity contribution is -0.113. The number of rotatable bonds is 5. The van der Waals surface area contributed by atoms with E-state index in [-0.39, 0.29) is 5.91 Å². The fraction of sp³-hybridized carbons (Fsp3) is 0.407. The molecule has 6 rings (SSSR count). The molecule has 39 heavy (non-hydrogen) atoms. The molecule has 0 radical (unpaired) electrons. The van der Waals surface area contributed by atoms with Crippen LogP contribution in [0.15, 0.2) is 47.8 Å². The molecule has 1 fully saturated rings. The molecule has 0 unspecified atom stereocenters. The summed E-state index contributed by atoms with van der Waals surface area (Å²) in [7, 11) is 1.86. The maximum Gasteiger partial charge on any atom is 0.255 e. The molecular formula is C27H33N11O. The van der Waals surface area contributed by atoms with Crippen molar-refractivity contribution in [3.8, 4) is 11.3 Å². The summed E-state index contributed by atoms with van der Waals surface area (Å²) in [6.45, 7) is 13.0. The molecule has 1 aromatic carbocycles. The van der Waals surface area contributed by atoms with Crippen molar-refractivity contribution in [2.45, 2.75) is 33.2 Å². The van der Waals surface area contributed by atoms with Crippen LogP contribution in [0.1, 0.15) is 27.7 Å². The number of fused-ring (bicyclic) bond motifs is 2. The van der Waals surface area contributed by atoms with Crippen molar-refractivity contribution >= 4 is 34.3 Å². The first kappa shape index (κ1) is 25.0. The van der Waals surface area contributed by atoms with Gasteiger partial charge in [-0.1, -0.05) is 12.0 Å². The Bertz CT molecular complexity index is 1580. The third-order valence-electron chi connectivity index (χ3n) is 7.97. The molecule has 0 spiro atoms. The highest BCUT2D eigenvalue weighted by molar-refractivity contribution is 6.07. The number of hydrogen-bond acceptors (Lipinski definition) is 9. The Balaban J connectivity index is 1.28. The SMILES string of the molecule is CCN1CCN(c2cc(-c3n[nH]c4ccc(NC(=O)C5=C(C)N(C)c6nnnn6C5(C)C)cc34)ccn2)CC1. The van der Waals surface area contributed by atoms with Crippen LogP contribution in [-0.4, -0.2) is 86.0 Å². The smallest absolute Gasteiger partial charge is 0.255 e. The van der Waals surface area contributed by atoms with Crippen LogP contribution in [0.3, 0.4) is 0 Å². The van der Waals surface area contributed by atoms with E-state index in [0.717, 1.165) is 66.4 Å². The van der Waals surface area contributed by atoms with E-state index in [1.807, 2.05) is 63.2 Å². The number of likely N-dealkylation sites (N-methyl/N-ethyl adjacent to an activating group) is 1. The fourth-order valence-electron chi connectivity index (χ4n) is 5.60. The third kappa shape index (κ3) is 4.20. The highest BCUT2D eigenvalue weighted by Crippen LogP contribution is 2.37. The van der Waals surface area contributed by atoms with Crippen molar-refractivity contribution < 1.29 is 4.79 Å². The van der Waals surface area contributed by atoms with Crippen LogP contribution in [0, 0.1) is 0 Å². The molecule has 4 aromatic rings. The summed E-state index contributed by atoms with van der Waals surface area (Å²) in [4.78, 5) is 24.9. The number of tetrazole rings is 1. The Kier molecular flexibility index (Phi) is 6.06. The van der Waals surface area contributed by atoms with Crippen LogP contribution in [0.2, 0.25) is 0 Å². The number of aromatic nitrogens is 7. The van der Waals surface area contributed by atoms with Crippen molar-refractivity contribution in [3.63, 3.8) is 0 Å². The zero-order chi connectivity index (χ0) is 27.3. The molecular weight excluding hydrogens is 494 g/mol. The summed E-state index contributed by atoms with van der Waals surface area (Å²) < 4.78 is 1.68. The number of benzene rings is 1. The molecule has 1 saturated heterocycles. The molecule has 1 amide bonds. The molecule has 2 aliphatic heterocycles. The van der Waals surface area contributed by atoms with Gasteiger partial charge in [0.25, 0.3) is 5.91 Å². The number of carbonyl (C=O) groups is 1. The van der Waals surface area contributed by atoms with Crippen molar-refractivity contribution in [1.29, 1.82) is 0 Å². The van der Waals surface area contributed by atoms with Crippen LogP contribution in [0.25, 0.3) is 22.2 Å². The van der Waals surface area contributed by atoms with E-state index < -0.39 is 5.54 Å². The van der Waals surface area contributed by atoms with Gasteiger partial charge in [0.1, 0.15) is 11.5 Å². The van der Waals surface area contributed by atoms with Gasteiger partial charge in [-0.3, -0.25) is 9.89 Å². The molecule has 0 bridgehead atoms. The first-order valence-electron chi connectivity index (χ1n) is 13.2. The standard InChI is InChI=1S/C27H33N11O/c1-6-36-11-13-37(14-12-36)22-15-18(9-10-28-22)24-20-16-19(7-8-21(20)30-31-24)29-25(39)23-17(2)35(5)26-32-33-34-38(26)27(23,3)4/h7-10,15-16H,6,11-14H2,1-5H3,(H,29,39)(H,30,31). The first-order chi connectivity index (χ1) is 18.8. The number of allylic oxidation sites excluding steroid dienone is 1. The fourth-order valence-corrected chi connectivity index (χ4v) is 5.60. The van der Waals surface area contributed by atoms with Gasteiger partial charge >= 0.3 is 0 Å². The van der Waals surface area contributed by atoms with Crippen molar-refractivity contribution in [2.75, 3.05) is 54.9 Å². The van der Waals surface area contributed by atoms with Gasteiger partial charge < -0.3 is 20.0 Å². The maximum absolute atomic E-state index is 13.6. The van der Waals surface area contributed by atoms with E-state index in [2.05, 4.69) is 58.8 Å². The third-order valence-corrected chi connectivity index (χ3v) is 7.97. The molecule has 0 aliphatic carbocycles. The summed E-state index contributed by atoms with van der Waals surface area (Å²) in [5, 5.41) is 23.8. The highest BCUT2D eigenvalue weighted by atomic mass is 16.1. The second-order valence-electron chi connectivity index (χ2n) is 10.6. The Hall–Kier alpha value is -4.32. The number of anilines is 3. The number of carbonyl (C=O) groups excluding carboxylic acids is 1. The minimum atomic E-state index is -0.722. The highest BCUT2D eigenvalue weighted by Gasteiger charge is 2.41. The van der Waals surface area contributed by atoms with Crippen LogP contribution >= 0.6 is 0 Å². The average molecular weight is 528 g/mol. The first-order valence-corrected chi connectivity index (χ1v) is 13.2. The molecule has 2 aliphatic rings. The van der Waals surface area contributed by atoms with E-state index >= 15 is 0 Å². The van der Waals surface area contributed by atoms with Crippen LogP contribution < -0.4 is 15.1 Å². The summed E-state index contributed by atoms with van der Waals surface area (Å²) in [6, 6.07) is 9.85. The zero-order valence-electron chi connectivity index (χ0n) is 22.9. The van der Waals surface area contributed by atoms with Crippen molar-refractivity contribution in [3.05, 3.63) is 47.8 Å². The number of amides is 1. The van der Waals surface area contributed by atoms with E-state index in [0.29, 0.717) is 17.2 Å². The number of H-pyrrole nitrogens is 1. The Morgan fingerprint density at radius 2 is 1.92 bits per heavy atom. The molecule has 2 N–H and O–H groups in total. The quantitative estimate of drug-likeness (QED) is 0.403. The molecule has 0 atom stereocenters. The van der Waals surface area contributed by atoms with Gasteiger partial charge in [-0.2, -0.15) is 5.10 Å². The lowest BCUT2D eigenvalue weighted by Crippen LogP contribution is -2.46. The normalized spacial score (nSPS) is 17.6. The molecule has 3 aromatic heterocycles. The van der Waals surface area contributed by atoms with E-state index in [1.165, 1.54) is 0 Å². The molecule has 0 saturated carbocycles. The average Bonchev–Trinajstić information content (AvgIpc) is 3.60. The minimum absolute atomic E-state index is 0.202. The Labute approximate surface area is 226 Å². The van der Waals surface area contributed by atoms with Gasteiger partial charge in [0.15, 0.2) is 0 Å². The number of nitrogens with zero attached hydrogens (tertiary/aromatic N) is 9. The zero-order valence-corrected chi connectivity index (χ0v) is 22.9. The van der Waals surface area contributed by atoms with Crippen LogP contribution in [-0.2, 0) is 10.3 Å². The Morgan fingerprint density at radius 1 is 1.13 bits per heavy atom. The summed E-state index contributed by atoms with van der Waals surface area (Å²) in [5.74, 6) is 1.35. The molecule has 12 nitrogen and oxygen atoms in total. The van der Waals surface area contributed by atoms with Crippen molar-refractivity contribution in [2.24, 2.45) is 0 Å². The molecule has 5 heterocycles. The van der Waals surface area contributed by atoms with Gasteiger partial charge in [-0.05, 0) is 68.1 Å². The predicted molar refractivity (Wildman–Crippen MR) is 151 cm³/mol. The van der Waals surface area contributed by atoms with E-state index in [9.17, 15) is 4.79 Å².